The highest BCUT2D eigenvalue weighted by Crippen LogP contribution is 2.24. The van der Waals surface area contributed by atoms with Crippen LogP contribution in [-0.4, -0.2) is 60.9 Å². The molecule has 0 spiro atoms. The van der Waals surface area contributed by atoms with E-state index in [1.165, 1.54) is 5.56 Å². The van der Waals surface area contributed by atoms with E-state index in [0.29, 0.717) is 32.5 Å². The number of rotatable bonds is 8. The minimum absolute atomic E-state index is 0. The van der Waals surface area contributed by atoms with E-state index in [9.17, 15) is 9.59 Å². The summed E-state index contributed by atoms with van der Waals surface area (Å²) in [5.74, 6) is -0.128. The van der Waals surface area contributed by atoms with Crippen LogP contribution in [0.2, 0.25) is 0 Å². The number of nitrogens with two attached hydrogens (primary N) is 1. The van der Waals surface area contributed by atoms with E-state index < -0.39 is 5.41 Å². The fourth-order valence-electron chi connectivity index (χ4n) is 3.40. The molecule has 1 aliphatic rings. The highest BCUT2D eigenvalue weighted by Gasteiger charge is 2.33. The largest absolute Gasteiger partial charge is 0.347 e. The van der Waals surface area contributed by atoms with Crippen molar-refractivity contribution in [2.24, 2.45) is 11.1 Å². The summed E-state index contributed by atoms with van der Waals surface area (Å²) in [6.07, 6.45) is 1.36. The van der Waals surface area contributed by atoms with Crippen LogP contribution in [0.25, 0.3) is 0 Å². The van der Waals surface area contributed by atoms with E-state index >= 15 is 0 Å². The highest BCUT2D eigenvalue weighted by atomic mass is 35.5. The standard InChI is InChI=1S/C20H32N4O2.2ClH/c1-3-20(4-2,16-21)19(26)22-14-18(25)24-12-10-23(11-13-24)15-17-8-6-5-7-9-17;;/h5-9H,3-4,10-16,21H2,1-2H3,(H,22,26);2*1H. The number of carbonyl (C=O) groups is 2. The van der Waals surface area contributed by atoms with Crippen molar-refractivity contribution in [3.8, 4) is 0 Å². The van der Waals surface area contributed by atoms with Crippen LogP contribution in [0.1, 0.15) is 32.3 Å². The molecule has 0 aromatic heterocycles. The summed E-state index contributed by atoms with van der Waals surface area (Å²) in [5.41, 5.74) is 6.52. The second-order valence-electron chi connectivity index (χ2n) is 7.02. The smallest absolute Gasteiger partial charge is 0.242 e. The Bertz CT molecular complexity index is 581. The molecule has 6 nitrogen and oxygen atoms in total. The van der Waals surface area contributed by atoms with E-state index in [4.69, 9.17) is 5.73 Å². The van der Waals surface area contributed by atoms with Gasteiger partial charge < -0.3 is 16.0 Å². The van der Waals surface area contributed by atoms with Crippen LogP contribution in [0.15, 0.2) is 30.3 Å². The average Bonchev–Trinajstić information content (AvgIpc) is 2.69. The van der Waals surface area contributed by atoms with E-state index in [-0.39, 0.29) is 43.2 Å². The van der Waals surface area contributed by atoms with Crippen molar-refractivity contribution < 1.29 is 9.59 Å². The van der Waals surface area contributed by atoms with Crippen LogP contribution >= 0.6 is 24.8 Å². The molecule has 3 N–H and O–H groups in total. The van der Waals surface area contributed by atoms with Crippen LogP contribution < -0.4 is 11.1 Å². The van der Waals surface area contributed by atoms with Crippen LogP contribution in [0.3, 0.4) is 0 Å². The van der Waals surface area contributed by atoms with E-state index in [1.807, 2.05) is 36.9 Å². The van der Waals surface area contributed by atoms with Crippen LogP contribution in [0, 0.1) is 5.41 Å². The predicted molar refractivity (Wildman–Crippen MR) is 118 cm³/mol. The van der Waals surface area contributed by atoms with Gasteiger partial charge in [-0.2, -0.15) is 0 Å². The molecule has 0 aliphatic carbocycles. The molecule has 0 radical (unpaired) electrons. The molecule has 1 fully saturated rings. The van der Waals surface area contributed by atoms with Gasteiger partial charge in [-0.25, -0.2) is 0 Å². The molecule has 160 valence electrons. The molecule has 28 heavy (non-hydrogen) atoms. The van der Waals surface area contributed by atoms with Gasteiger partial charge in [-0.1, -0.05) is 44.2 Å². The SMILES string of the molecule is CCC(CC)(CN)C(=O)NCC(=O)N1CCN(Cc2ccccc2)CC1.Cl.Cl. The van der Waals surface area contributed by atoms with Gasteiger partial charge >= 0.3 is 0 Å². The minimum Gasteiger partial charge on any atom is -0.347 e. The highest BCUT2D eigenvalue weighted by molar-refractivity contribution is 5.88. The average molecular weight is 433 g/mol. The summed E-state index contributed by atoms with van der Waals surface area (Å²) < 4.78 is 0. The lowest BCUT2D eigenvalue weighted by molar-refractivity contribution is -0.137. The molecule has 1 saturated heterocycles. The first-order chi connectivity index (χ1) is 12.5. The topological polar surface area (TPSA) is 78.7 Å². The molecule has 2 rings (SSSR count). The van der Waals surface area contributed by atoms with Gasteiger partial charge in [0, 0.05) is 39.3 Å². The zero-order chi connectivity index (χ0) is 19.0. The second kappa shape index (κ2) is 13.0. The van der Waals surface area contributed by atoms with E-state index in [0.717, 1.165) is 19.6 Å². The monoisotopic (exact) mass is 432 g/mol. The Hall–Kier alpha value is -1.34. The lowest BCUT2D eigenvalue weighted by Crippen LogP contribution is -2.52. The van der Waals surface area contributed by atoms with Gasteiger partial charge in [0.25, 0.3) is 0 Å². The first-order valence-corrected chi connectivity index (χ1v) is 9.57. The number of amides is 2. The fraction of sp³-hybridized carbons (Fsp3) is 0.600. The summed E-state index contributed by atoms with van der Waals surface area (Å²) in [6, 6.07) is 10.4. The van der Waals surface area contributed by atoms with Gasteiger partial charge in [-0.15, -0.1) is 24.8 Å². The Balaban J connectivity index is 0.00000364. The Morgan fingerprint density at radius 1 is 1.04 bits per heavy atom. The maximum Gasteiger partial charge on any atom is 0.242 e. The third kappa shape index (κ3) is 6.92. The molecule has 1 aliphatic heterocycles. The molecule has 0 unspecified atom stereocenters. The number of hydrogen-bond donors (Lipinski definition) is 2. The van der Waals surface area contributed by atoms with E-state index in [1.54, 1.807) is 0 Å². The Morgan fingerprint density at radius 3 is 2.11 bits per heavy atom. The number of carbonyl (C=O) groups excluding carboxylic acids is 2. The molecule has 8 heteroatoms. The minimum atomic E-state index is -0.561. The predicted octanol–water partition coefficient (Wildman–Crippen LogP) is 2.06. The maximum atomic E-state index is 12.4. The van der Waals surface area contributed by atoms with Gasteiger partial charge in [0.15, 0.2) is 0 Å². The van der Waals surface area contributed by atoms with Gasteiger partial charge in [0.2, 0.25) is 11.8 Å². The van der Waals surface area contributed by atoms with Crippen molar-refractivity contribution in [1.29, 1.82) is 0 Å². The number of halogens is 2. The van der Waals surface area contributed by atoms with Crippen molar-refractivity contribution in [3.63, 3.8) is 0 Å². The fourth-order valence-corrected chi connectivity index (χ4v) is 3.40. The molecule has 1 aromatic carbocycles. The first-order valence-electron chi connectivity index (χ1n) is 9.57. The van der Waals surface area contributed by atoms with Crippen molar-refractivity contribution >= 4 is 36.6 Å². The Kier molecular flexibility index (Phi) is 12.4. The quantitative estimate of drug-likeness (QED) is 0.658. The Labute approximate surface area is 181 Å². The molecular weight excluding hydrogens is 399 g/mol. The number of nitrogens with zero attached hydrogens (tertiary/aromatic N) is 2. The van der Waals surface area contributed by atoms with Gasteiger partial charge in [0.05, 0.1) is 12.0 Å². The van der Waals surface area contributed by atoms with Gasteiger partial charge in [-0.05, 0) is 18.4 Å². The number of nitrogens with one attached hydrogen (secondary N) is 1. The van der Waals surface area contributed by atoms with Crippen molar-refractivity contribution in [1.82, 2.24) is 15.1 Å². The van der Waals surface area contributed by atoms with Crippen molar-refractivity contribution in [2.45, 2.75) is 33.2 Å². The normalized spacial score (nSPS) is 14.6. The van der Waals surface area contributed by atoms with Crippen LogP contribution in [0.4, 0.5) is 0 Å². The third-order valence-electron chi connectivity index (χ3n) is 5.60. The summed E-state index contributed by atoms with van der Waals surface area (Å²) in [6.45, 7) is 8.29. The second-order valence-corrected chi connectivity index (χ2v) is 7.02. The maximum absolute atomic E-state index is 12.4. The number of benzene rings is 1. The Morgan fingerprint density at radius 2 is 1.61 bits per heavy atom. The first kappa shape index (κ1) is 26.7. The van der Waals surface area contributed by atoms with Gasteiger partial charge in [0.1, 0.15) is 0 Å². The van der Waals surface area contributed by atoms with Crippen molar-refractivity contribution in [3.05, 3.63) is 35.9 Å². The molecule has 0 bridgehead atoms. The molecular formula is C20H34Cl2N4O2. The lowest BCUT2D eigenvalue weighted by Gasteiger charge is -2.35. The van der Waals surface area contributed by atoms with Gasteiger partial charge in [-0.3, -0.25) is 14.5 Å². The number of piperazine rings is 1. The summed E-state index contributed by atoms with van der Waals surface area (Å²) >= 11 is 0. The summed E-state index contributed by atoms with van der Waals surface area (Å²) in [7, 11) is 0. The van der Waals surface area contributed by atoms with E-state index in [2.05, 4.69) is 22.3 Å². The molecule has 2 amide bonds. The third-order valence-corrected chi connectivity index (χ3v) is 5.60. The zero-order valence-electron chi connectivity index (χ0n) is 16.9. The molecule has 1 heterocycles. The van der Waals surface area contributed by atoms with Crippen LogP contribution in [0.5, 0.6) is 0 Å². The summed E-state index contributed by atoms with van der Waals surface area (Å²) in [5, 5.41) is 2.80. The lowest BCUT2D eigenvalue weighted by atomic mass is 9.81. The zero-order valence-corrected chi connectivity index (χ0v) is 18.5. The molecule has 1 aromatic rings. The van der Waals surface area contributed by atoms with Crippen LogP contribution in [-0.2, 0) is 16.1 Å². The number of hydrogen-bond acceptors (Lipinski definition) is 4. The summed E-state index contributed by atoms with van der Waals surface area (Å²) in [4.78, 5) is 29.0. The molecule has 0 atom stereocenters. The van der Waals surface area contributed by atoms with Crippen molar-refractivity contribution in [2.75, 3.05) is 39.3 Å². The molecule has 0 saturated carbocycles.